The summed E-state index contributed by atoms with van der Waals surface area (Å²) in [6.07, 6.45) is 2.28. The molecule has 3 rings (SSSR count). The molecule has 0 radical (unpaired) electrons. The van der Waals surface area contributed by atoms with Gasteiger partial charge in [0, 0.05) is 18.6 Å². The Kier molecular flexibility index (Phi) is 7.98. The number of methoxy groups -OCH3 is 1. The van der Waals surface area contributed by atoms with Crippen LogP contribution < -0.4 is 14.2 Å². The van der Waals surface area contributed by atoms with Gasteiger partial charge in [-0.15, -0.1) is 0 Å². The number of unbranched alkanes of at least 4 members (excludes halogenated alkanes) is 1. The van der Waals surface area contributed by atoms with Gasteiger partial charge in [0.15, 0.2) is 5.75 Å². The highest BCUT2D eigenvalue weighted by molar-refractivity contribution is 7.92. The number of carbonyl (C=O) groups excluding carboxylic acids is 1. The van der Waals surface area contributed by atoms with Crippen molar-refractivity contribution in [3.8, 4) is 5.75 Å². The molecule has 0 fully saturated rings. The molecule has 0 aliphatic rings. The summed E-state index contributed by atoms with van der Waals surface area (Å²) in [4.78, 5) is 16.8. The molecule has 0 saturated carbocycles. The van der Waals surface area contributed by atoms with Gasteiger partial charge in [-0.25, -0.2) is 13.2 Å². The molecular weight excluding hydrogens is 494 g/mol. The molecule has 0 aliphatic carbocycles. The summed E-state index contributed by atoms with van der Waals surface area (Å²) in [5.41, 5.74) is 6.16. The minimum atomic E-state index is -4.35. The van der Waals surface area contributed by atoms with Crippen LogP contribution in [0.4, 0.5) is 5.69 Å². The topological polar surface area (TPSA) is 146 Å². The maximum absolute atomic E-state index is 13.0. The predicted octanol–water partition coefficient (Wildman–Crippen LogP) is 2.60. The van der Waals surface area contributed by atoms with Crippen LogP contribution in [0, 0.1) is 6.92 Å². The molecule has 10 nitrogen and oxygen atoms in total. The summed E-state index contributed by atoms with van der Waals surface area (Å²) in [5.74, 6) is -1.43. The number of aryl methyl sites for hydroxylation is 1. The number of benzene rings is 2. The van der Waals surface area contributed by atoms with Gasteiger partial charge >= 0.3 is 16.1 Å². The number of fused-ring (bicyclic) bond motifs is 1. The van der Waals surface area contributed by atoms with Crippen molar-refractivity contribution in [1.29, 1.82) is 0 Å². The maximum atomic E-state index is 13.0. The molecule has 2 aromatic carbocycles. The number of pyridine rings is 1. The highest BCUT2D eigenvalue weighted by atomic mass is 32.2. The molecule has 35 heavy (non-hydrogen) atoms. The summed E-state index contributed by atoms with van der Waals surface area (Å²) < 4.78 is 63.2. The molecule has 0 aliphatic heterocycles. The number of esters is 1. The van der Waals surface area contributed by atoms with E-state index in [1.807, 2.05) is 6.92 Å². The first kappa shape index (κ1) is 26.4. The van der Waals surface area contributed by atoms with Gasteiger partial charge in [-0.3, -0.25) is 9.29 Å². The van der Waals surface area contributed by atoms with Crippen LogP contribution in [0.2, 0.25) is 0 Å². The number of nitrogens with zero attached hydrogens (tertiary/aromatic N) is 2. The van der Waals surface area contributed by atoms with Crippen molar-refractivity contribution in [3.05, 3.63) is 59.8 Å². The fraction of sp³-hybridized carbons (Fsp3) is 0.304. The average Bonchev–Trinajstić information content (AvgIpc) is 2.83. The molecule has 1 heterocycles. The van der Waals surface area contributed by atoms with E-state index in [1.54, 1.807) is 24.3 Å². The molecule has 0 spiro atoms. The van der Waals surface area contributed by atoms with Gasteiger partial charge < -0.3 is 14.7 Å². The van der Waals surface area contributed by atoms with Crippen LogP contribution in [0.15, 0.2) is 53.6 Å². The summed E-state index contributed by atoms with van der Waals surface area (Å²) in [6, 6.07) is 10.4. The molecule has 3 aromatic rings. The van der Waals surface area contributed by atoms with Crippen molar-refractivity contribution < 1.29 is 30.6 Å². The second-order valence-corrected chi connectivity index (χ2v) is 11.5. The number of sulfonamides is 1. The van der Waals surface area contributed by atoms with E-state index in [0.29, 0.717) is 19.4 Å². The smallest absolute Gasteiger partial charge is 0.341 e. The van der Waals surface area contributed by atoms with E-state index in [1.165, 1.54) is 31.4 Å². The first-order chi connectivity index (χ1) is 16.5. The fourth-order valence-electron chi connectivity index (χ4n) is 3.39. The van der Waals surface area contributed by atoms with Crippen LogP contribution in [0.25, 0.3) is 10.9 Å². The largest absolute Gasteiger partial charge is 0.465 e. The number of rotatable bonds is 10. The van der Waals surface area contributed by atoms with Gasteiger partial charge in [-0.05, 0) is 56.6 Å². The van der Waals surface area contributed by atoms with Gasteiger partial charge in [-0.2, -0.15) is 8.42 Å². The van der Waals surface area contributed by atoms with Crippen LogP contribution in [-0.2, 0) is 24.9 Å². The zero-order valence-electron chi connectivity index (χ0n) is 19.6. The van der Waals surface area contributed by atoms with E-state index in [9.17, 15) is 21.6 Å². The predicted molar refractivity (Wildman–Crippen MR) is 133 cm³/mol. The monoisotopic (exact) mass is 521 g/mol. The fourth-order valence-corrected chi connectivity index (χ4v) is 5.63. The van der Waals surface area contributed by atoms with Crippen LogP contribution in [0.5, 0.6) is 5.75 Å². The van der Waals surface area contributed by atoms with Crippen molar-refractivity contribution in [1.82, 2.24) is 4.98 Å². The van der Waals surface area contributed by atoms with Gasteiger partial charge in [0.25, 0.3) is 0 Å². The highest BCUT2D eigenvalue weighted by Crippen LogP contribution is 2.38. The minimum Gasteiger partial charge on any atom is -0.465 e. The Morgan fingerprint density at radius 1 is 1.09 bits per heavy atom. The van der Waals surface area contributed by atoms with Gasteiger partial charge in [0.05, 0.1) is 18.6 Å². The summed E-state index contributed by atoms with van der Waals surface area (Å²) in [5, 5.41) is 0.277. The highest BCUT2D eigenvalue weighted by Gasteiger charge is 2.29. The molecule has 0 bridgehead atoms. The Morgan fingerprint density at radius 3 is 2.40 bits per heavy atom. The standard InChI is InChI=1S/C23H27N3O7S2/c1-16-8-10-17(11-9-16)35(30,31)33-22-19(23(27)32-3)15-20(18-7-6-13-25-21(18)22)26(2)34(28,29)14-5-4-12-24/h6-11,13,15H,4-5,12,14,24H2,1-3H3. The SMILES string of the molecule is COC(=O)c1cc(N(C)S(=O)(=O)CCCCN)c2cccnc2c1OS(=O)(=O)c1ccc(C)cc1. The number of nitrogens with two attached hydrogens (primary N) is 1. The van der Waals surface area contributed by atoms with Gasteiger partial charge in [-0.1, -0.05) is 17.7 Å². The summed E-state index contributed by atoms with van der Waals surface area (Å²) in [6.45, 7) is 2.17. The van der Waals surface area contributed by atoms with E-state index in [4.69, 9.17) is 14.7 Å². The minimum absolute atomic E-state index is 0.00917. The second kappa shape index (κ2) is 10.6. The Morgan fingerprint density at radius 2 is 1.77 bits per heavy atom. The second-order valence-electron chi connectivity index (χ2n) is 7.79. The number of hydrogen-bond donors (Lipinski definition) is 1. The zero-order valence-corrected chi connectivity index (χ0v) is 21.2. The summed E-state index contributed by atoms with van der Waals surface area (Å²) in [7, 11) is -5.66. The molecule has 0 unspecified atom stereocenters. The zero-order chi connectivity index (χ0) is 25.8. The van der Waals surface area contributed by atoms with Crippen LogP contribution in [0.3, 0.4) is 0 Å². The van der Waals surface area contributed by atoms with Gasteiger partial charge in [0.2, 0.25) is 10.0 Å². The number of anilines is 1. The molecule has 12 heteroatoms. The van der Waals surface area contributed by atoms with Crippen LogP contribution in [0.1, 0.15) is 28.8 Å². The Bertz CT molecular complexity index is 1440. The molecule has 2 N–H and O–H groups in total. The molecule has 188 valence electrons. The molecule has 0 saturated heterocycles. The first-order valence-corrected chi connectivity index (χ1v) is 13.7. The molecule has 0 atom stereocenters. The quantitative estimate of drug-likeness (QED) is 0.242. The van der Waals surface area contributed by atoms with Crippen molar-refractivity contribution in [2.45, 2.75) is 24.7 Å². The first-order valence-electron chi connectivity index (χ1n) is 10.7. The number of aromatic nitrogens is 1. The van der Waals surface area contributed by atoms with E-state index >= 15 is 0 Å². The third-order valence-corrected chi connectivity index (χ3v) is 8.42. The number of ether oxygens (including phenoxy) is 1. The lowest BCUT2D eigenvalue weighted by Gasteiger charge is -2.23. The number of hydrogen-bond acceptors (Lipinski definition) is 9. The normalized spacial score (nSPS) is 11.9. The lowest BCUT2D eigenvalue weighted by atomic mass is 10.1. The van der Waals surface area contributed by atoms with Crippen LogP contribution >= 0.6 is 0 Å². The Labute approximate surface area is 204 Å². The van der Waals surface area contributed by atoms with E-state index in [2.05, 4.69) is 4.98 Å². The van der Waals surface area contributed by atoms with E-state index < -0.39 is 26.1 Å². The van der Waals surface area contributed by atoms with Gasteiger partial charge in [0.1, 0.15) is 16.0 Å². The van der Waals surface area contributed by atoms with Crippen molar-refractivity contribution in [2.24, 2.45) is 5.73 Å². The average molecular weight is 522 g/mol. The lowest BCUT2D eigenvalue weighted by Crippen LogP contribution is -2.30. The van der Waals surface area contributed by atoms with Crippen LogP contribution in [-0.4, -0.2) is 54.2 Å². The Balaban J connectivity index is 2.20. The number of carbonyl (C=O) groups is 1. The van der Waals surface area contributed by atoms with Crippen molar-refractivity contribution in [3.63, 3.8) is 0 Å². The van der Waals surface area contributed by atoms with Crippen molar-refractivity contribution in [2.75, 3.05) is 30.8 Å². The maximum Gasteiger partial charge on any atom is 0.341 e. The Hall–Kier alpha value is -3.22. The molecule has 0 amide bonds. The third-order valence-electron chi connectivity index (χ3n) is 5.35. The molecular formula is C23H27N3O7S2. The lowest BCUT2D eigenvalue weighted by molar-refractivity contribution is 0.0599. The van der Waals surface area contributed by atoms with E-state index in [-0.39, 0.29) is 38.6 Å². The van der Waals surface area contributed by atoms with E-state index in [0.717, 1.165) is 17.0 Å². The molecule has 1 aromatic heterocycles. The van der Waals surface area contributed by atoms with Crippen molar-refractivity contribution >= 4 is 42.7 Å². The summed E-state index contributed by atoms with van der Waals surface area (Å²) >= 11 is 0. The third kappa shape index (κ3) is 5.72.